The number of benzene rings is 1. The fraction of sp³-hybridized carbons (Fsp3) is 0.357. The van der Waals surface area contributed by atoms with E-state index in [-0.39, 0.29) is 10.0 Å². The van der Waals surface area contributed by atoms with Crippen LogP contribution in [-0.2, 0) is 0 Å². The van der Waals surface area contributed by atoms with Gasteiger partial charge in [-0.2, -0.15) is 0 Å². The molecule has 0 atom stereocenters. The molecule has 2 nitrogen and oxygen atoms in total. The smallest absolute Gasteiger partial charge is 0.161 e. The fourth-order valence-electron chi connectivity index (χ4n) is 2.24. The lowest BCUT2D eigenvalue weighted by atomic mass is 10.1. The average molecular weight is 299 g/mol. The number of pyridine rings is 1. The number of nitrogens with zero attached hydrogens (tertiary/aromatic N) is 1. The first-order valence-electron chi connectivity index (χ1n) is 6.33. The summed E-state index contributed by atoms with van der Waals surface area (Å²) in [5.41, 5.74) is 2.51. The van der Waals surface area contributed by atoms with Gasteiger partial charge < -0.3 is 5.32 Å². The molecular formula is C14H13Cl2FN2. The largest absolute Gasteiger partial charge is 0.385 e. The van der Waals surface area contributed by atoms with Crippen molar-refractivity contribution in [3.8, 4) is 0 Å². The normalized spacial score (nSPS) is 14.9. The molecule has 1 heterocycles. The van der Waals surface area contributed by atoms with Crippen molar-refractivity contribution in [1.29, 1.82) is 0 Å². The molecule has 1 fully saturated rings. The fourth-order valence-corrected chi connectivity index (χ4v) is 2.78. The van der Waals surface area contributed by atoms with E-state index in [4.69, 9.17) is 23.2 Å². The third-order valence-corrected chi connectivity index (χ3v) is 3.95. The Labute approximate surface area is 120 Å². The molecule has 0 spiro atoms. The quantitative estimate of drug-likeness (QED) is 0.808. The topological polar surface area (TPSA) is 24.9 Å². The molecule has 0 radical (unpaired) electrons. The van der Waals surface area contributed by atoms with E-state index >= 15 is 0 Å². The van der Waals surface area contributed by atoms with Crippen molar-refractivity contribution < 1.29 is 4.39 Å². The summed E-state index contributed by atoms with van der Waals surface area (Å²) in [5.74, 6) is -0.0691. The van der Waals surface area contributed by atoms with Crippen molar-refractivity contribution in [2.75, 3.05) is 11.9 Å². The van der Waals surface area contributed by atoms with Gasteiger partial charge in [-0.3, -0.25) is 4.98 Å². The molecule has 0 bridgehead atoms. The lowest BCUT2D eigenvalue weighted by molar-refractivity contribution is 0.630. The van der Waals surface area contributed by atoms with E-state index in [9.17, 15) is 4.39 Å². The SMILES string of the molecule is CCNc1cc(C2CC2)nc2cc(Cl)c(F)c(Cl)c12. The van der Waals surface area contributed by atoms with Gasteiger partial charge in [0, 0.05) is 29.2 Å². The highest BCUT2D eigenvalue weighted by Gasteiger charge is 2.27. The van der Waals surface area contributed by atoms with Crippen molar-refractivity contribution in [2.24, 2.45) is 0 Å². The molecule has 5 heteroatoms. The summed E-state index contributed by atoms with van der Waals surface area (Å²) < 4.78 is 13.8. The minimum absolute atomic E-state index is 0.0143. The third kappa shape index (κ3) is 2.26. The van der Waals surface area contributed by atoms with Gasteiger partial charge in [-0.25, -0.2) is 4.39 Å². The first-order valence-corrected chi connectivity index (χ1v) is 7.09. The summed E-state index contributed by atoms with van der Waals surface area (Å²) >= 11 is 11.9. The Morgan fingerprint density at radius 3 is 2.74 bits per heavy atom. The van der Waals surface area contributed by atoms with Crippen LogP contribution in [0.2, 0.25) is 10.0 Å². The Kier molecular flexibility index (Phi) is 3.27. The molecule has 0 amide bonds. The maximum atomic E-state index is 13.8. The number of hydrogen-bond donors (Lipinski definition) is 1. The van der Waals surface area contributed by atoms with Crippen LogP contribution in [0.25, 0.3) is 10.9 Å². The highest BCUT2D eigenvalue weighted by molar-refractivity contribution is 6.39. The average Bonchev–Trinajstić information content (AvgIpc) is 3.20. The molecule has 0 aliphatic heterocycles. The molecular weight excluding hydrogens is 286 g/mol. The monoisotopic (exact) mass is 298 g/mol. The van der Waals surface area contributed by atoms with Crippen LogP contribution in [0.5, 0.6) is 0 Å². The van der Waals surface area contributed by atoms with Gasteiger partial charge in [-0.1, -0.05) is 23.2 Å². The number of fused-ring (bicyclic) bond motifs is 1. The lowest BCUT2D eigenvalue weighted by Gasteiger charge is -2.12. The minimum atomic E-state index is -0.587. The van der Waals surface area contributed by atoms with E-state index in [2.05, 4.69) is 10.3 Å². The van der Waals surface area contributed by atoms with E-state index in [1.54, 1.807) is 6.07 Å². The van der Waals surface area contributed by atoms with E-state index in [1.807, 2.05) is 13.0 Å². The first-order chi connectivity index (χ1) is 9.11. The van der Waals surface area contributed by atoms with Crippen LogP contribution in [0.1, 0.15) is 31.4 Å². The van der Waals surface area contributed by atoms with Gasteiger partial charge in [0.15, 0.2) is 5.82 Å². The zero-order valence-corrected chi connectivity index (χ0v) is 11.9. The molecule has 19 heavy (non-hydrogen) atoms. The standard InChI is InChI=1S/C14H13Cl2FN2/c1-2-18-10-6-9(7-3-4-7)19-11-5-8(15)14(17)13(16)12(10)11/h5-7H,2-4H2,1H3,(H,18,19). The number of halogens is 3. The van der Waals surface area contributed by atoms with Crippen LogP contribution in [0.3, 0.4) is 0 Å². The van der Waals surface area contributed by atoms with Crippen LogP contribution in [0, 0.1) is 5.82 Å². The number of nitrogens with one attached hydrogen (secondary N) is 1. The van der Waals surface area contributed by atoms with Crippen LogP contribution in [0.15, 0.2) is 12.1 Å². The summed E-state index contributed by atoms with van der Waals surface area (Å²) in [6.45, 7) is 2.73. The predicted octanol–water partition coefficient (Wildman–Crippen LogP) is 4.99. The van der Waals surface area contributed by atoms with Crippen molar-refractivity contribution in [3.05, 3.63) is 33.7 Å². The highest BCUT2D eigenvalue weighted by Crippen LogP contribution is 2.43. The van der Waals surface area contributed by atoms with E-state index in [0.29, 0.717) is 16.8 Å². The Hall–Kier alpha value is -1.06. The van der Waals surface area contributed by atoms with Crippen LogP contribution < -0.4 is 5.32 Å². The summed E-state index contributed by atoms with van der Waals surface area (Å²) in [4.78, 5) is 4.57. The summed E-state index contributed by atoms with van der Waals surface area (Å²) in [5, 5.41) is 3.88. The number of hydrogen-bond acceptors (Lipinski definition) is 2. The Bertz CT molecular complexity index is 654. The Morgan fingerprint density at radius 2 is 2.11 bits per heavy atom. The van der Waals surface area contributed by atoms with E-state index in [0.717, 1.165) is 30.8 Å². The molecule has 1 aliphatic rings. The highest BCUT2D eigenvalue weighted by atomic mass is 35.5. The molecule has 1 N–H and O–H groups in total. The summed E-state index contributed by atoms with van der Waals surface area (Å²) in [6, 6.07) is 3.52. The van der Waals surface area contributed by atoms with Gasteiger partial charge in [0.05, 0.1) is 15.6 Å². The maximum absolute atomic E-state index is 13.8. The van der Waals surface area contributed by atoms with Gasteiger partial charge in [0.25, 0.3) is 0 Å². The van der Waals surface area contributed by atoms with Crippen molar-refractivity contribution in [1.82, 2.24) is 4.98 Å². The zero-order chi connectivity index (χ0) is 13.6. The molecule has 1 aromatic heterocycles. The molecule has 1 saturated carbocycles. The van der Waals surface area contributed by atoms with E-state index in [1.165, 1.54) is 0 Å². The second-order valence-electron chi connectivity index (χ2n) is 4.78. The van der Waals surface area contributed by atoms with Crippen molar-refractivity contribution in [3.63, 3.8) is 0 Å². The van der Waals surface area contributed by atoms with Gasteiger partial charge in [-0.05, 0) is 31.9 Å². The van der Waals surface area contributed by atoms with E-state index < -0.39 is 5.82 Å². The third-order valence-electron chi connectivity index (χ3n) is 3.32. The first kappa shape index (κ1) is 12.9. The van der Waals surface area contributed by atoms with Gasteiger partial charge in [-0.15, -0.1) is 0 Å². The lowest BCUT2D eigenvalue weighted by Crippen LogP contribution is -2.01. The van der Waals surface area contributed by atoms with Crippen LogP contribution in [0.4, 0.5) is 10.1 Å². The number of anilines is 1. The molecule has 1 aliphatic carbocycles. The van der Waals surface area contributed by atoms with Crippen LogP contribution >= 0.6 is 23.2 Å². The second kappa shape index (κ2) is 4.80. The number of aromatic nitrogens is 1. The molecule has 1 aromatic carbocycles. The van der Waals surface area contributed by atoms with Crippen molar-refractivity contribution in [2.45, 2.75) is 25.7 Å². The molecule has 2 aromatic rings. The Morgan fingerprint density at radius 1 is 1.37 bits per heavy atom. The molecule has 0 unspecified atom stereocenters. The summed E-state index contributed by atoms with van der Waals surface area (Å²) in [7, 11) is 0. The summed E-state index contributed by atoms with van der Waals surface area (Å²) in [6.07, 6.45) is 2.32. The zero-order valence-electron chi connectivity index (χ0n) is 10.4. The van der Waals surface area contributed by atoms with Crippen LogP contribution in [-0.4, -0.2) is 11.5 Å². The van der Waals surface area contributed by atoms with Gasteiger partial charge in [0.1, 0.15) is 0 Å². The van der Waals surface area contributed by atoms with Gasteiger partial charge in [0.2, 0.25) is 0 Å². The molecule has 0 saturated heterocycles. The molecule has 3 rings (SSSR count). The maximum Gasteiger partial charge on any atom is 0.161 e. The predicted molar refractivity (Wildman–Crippen MR) is 77.9 cm³/mol. The number of rotatable bonds is 3. The van der Waals surface area contributed by atoms with Crippen molar-refractivity contribution >= 4 is 39.8 Å². The second-order valence-corrected chi connectivity index (χ2v) is 5.56. The van der Waals surface area contributed by atoms with Gasteiger partial charge >= 0.3 is 0 Å². The Balaban J connectivity index is 2.30. The minimum Gasteiger partial charge on any atom is -0.385 e. The molecule has 100 valence electrons.